The van der Waals surface area contributed by atoms with Crippen LogP contribution in [0.25, 0.3) is 11.6 Å². The average molecular weight is 501 g/mol. The van der Waals surface area contributed by atoms with Crippen LogP contribution in [0.15, 0.2) is 46.2 Å². The molecule has 1 atom stereocenters. The van der Waals surface area contributed by atoms with E-state index in [0.717, 1.165) is 12.8 Å². The van der Waals surface area contributed by atoms with Gasteiger partial charge >= 0.3 is 11.9 Å². The smallest absolute Gasteiger partial charge is 0.339 e. The zero-order valence-electron chi connectivity index (χ0n) is 19.2. The van der Waals surface area contributed by atoms with Crippen LogP contribution in [0.4, 0.5) is 5.69 Å². The lowest BCUT2D eigenvalue weighted by atomic mass is 10.1. The van der Waals surface area contributed by atoms with E-state index in [0.29, 0.717) is 29.9 Å². The summed E-state index contributed by atoms with van der Waals surface area (Å²) in [5, 5.41) is 11.7. The molecule has 184 valence electrons. The van der Waals surface area contributed by atoms with Gasteiger partial charge in [0, 0.05) is 6.61 Å². The Kier molecular flexibility index (Phi) is 7.83. The summed E-state index contributed by atoms with van der Waals surface area (Å²) in [6.07, 6.45) is 3.49. The lowest BCUT2D eigenvalue weighted by Gasteiger charge is -2.14. The zero-order chi connectivity index (χ0) is 24.8. The quantitative estimate of drug-likeness (QED) is 0.345. The van der Waals surface area contributed by atoms with Gasteiger partial charge in [-0.15, -0.1) is 10.2 Å². The van der Waals surface area contributed by atoms with Crippen LogP contribution in [-0.4, -0.2) is 65.3 Å². The molecule has 2 aromatic heterocycles. The number of furan rings is 1. The second kappa shape index (κ2) is 11.2. The molecule has 1 aromatic carbocycles. The first kappa shape index (κ1) is 24.5. The number of nitrogens with zero attached hydrogens (tertiary/aromatic N) is 3. The molecule has 1 amide bonds. The highest BCUT2D eigenvalue weighted by atomic mass is 32.2. The second-order valence-corrected chi connectivity index (χ2v) is 8.55. The minimum Gasteiger partial charge on any atom is -0.465 e. The molecule has 1 N–H and O–H groups in total. The van der Waals surface area contributed by atoms with Crippen LogP contribution in [0.5, 0.6) is 0 Å². The summed E-state index contributed by atoms with van der Waals surface area (Å²) in [6.45, 7) is 1.24. The molecule has 1 aliphatic heterocycles. The van der Waals surface area contributed by atoms with Crippen molar-refractivity contribution in [1.82, 2.24) is 14.8 Å². The molecular weight excluding hydrogens is 476 g/mol. The molecule has 1 saturated heterocycles. The number of carbonyl (C=O) groups excluding carboxylic acids is 3. The Morgan fingerprint density at radius 1 is 1.17 bits per heavy atom. The van der Waals surface area contributed by atoms with Crippen LogP contribution in [0.1, 0.15) is 33.6 Å². The van der Waals surface area contributed by atoms with E-state index in [1.807, 2.05) is 4.57 Å². The van der Waals surface area contributed by atoms with E-state index in [1.54, 1.807) is 18.4 Å². The van der Waals surface area contributed by atoms with Crippen LogP contribution in [0, 0.1) is 0 Å². The maximum Gasteiger partial charge on any atom is 0.339 e. The summed E-state index contributed by atoms with van der Waals surface area (Å²) in [7, 11) is 2.48. The largest absolute Gasteiger partial charge is 0.465 e. The third-order valence-electron chi connectivity index (χ3n) is 5.32. The fourth-order valence-corrected chi connectivity index (χ4v) is 4.38. The van der Waals surface area contributed by atoms with Crippen molar-refractivity contribution >= 4 is 35.3 Å². The molecule has 3 aromatic rings. The van der Waals surface area contributed by atoms with Crippen molar-refractivity contribution in [3.8, 4) is 11.6 Å². The molecule has 0 saturated carbocycles. The SMILES string of the molecule is COC(=O)c1ccc(C(=O)OC)c(NC(=O)CSc2nnc(-c3ccco3)n2CC2CCCO2)c1. The van der Waals surface area contributed by atoms with E-state index in [9.17, 15) is 14.4 Å². The van der Waals surface area contributed by atoms with Crippen LogP contribution in [0.2, 0.25) is 0 Å². The van der Waals surface area contributed by atoms with Gasteiger partial charge in [-0.3, -0.25) is 9.36 Å². The molecule has 4 rings (SSSR count). The second-order valence-electron chi connectivity index (χ2n) is 7.61. The van der Waals surface area contributed by atoms with Crippen molar-refractivity contribution in [2.24, 2.45) is 0 Å². The van der Waals surface area contributed by atoms with Gasteiger partial charge in [0.25, 0.3) is 0 Å². The van der Waals surface area contributed by atoms with Crippen molar-refractivity contribution in [1.29, 1.82) is 0 Å². The third kappa shape index (κ3) is 5.72. The maximum atomic E-state index is 12.8. The molecular formula is C23H24N4O7S. The van der Waals surface area contributed by atoms with Crippen LogP contribution >= 0.6 is 11.8 Å². The van der Waals surface area contributed by atoms with Gasteiger partial charge in [0.1, 0.15) is 0 Å². The summed E-state index contributed by atoms with van der Waals surface area (Å²) in [5.41, 5.74) is 0.435. The van der Waals surface area contributed by atoms with Gasteiger partial charge < -0.3 is 23.9 Å². The van der Waals surface area contributed by atoms with Crippen LogP contribution in [-0.2, 0) is 25.5 Å². The van der Waals surface area contributed by atoms with E-state index in [2.05, 4.69) is 15.5 Å². The van der Waals surface area contributed by atoms with Crippen molar-refractivity contribution in [3.05, 3.63) is 47.7 Å². The monoisotopic (exact) mass is 500 g/mol. The minimum absolute atomic E-state index is 0.0229. The normalized spacial score (nSPS) is 15.1. The molecule has 0 aliphatic carbocycles. The highest BCUT2D eigenvalue weighted by Gasteiger charge is 2.24. The molecule has 0 radical (unpaired) electrons. The summed E-state index contributed by atoms with van der Waals surface area (Å²) in [6, 6.07) is 7.75. The Morgan fingerprint density at radius 2 is 2.00 bits per heavy atom. The fourth-order valence-electron chi connectivity index (χ4n) is 3.64. The Hall–Kier alpha value is -3.64. The summed E-state index contributed by atoms with van der Waals surface area (Å²) < 4.78 is 22.6. The number of hydrogen-bond acceptors (Lipinski definition) is 10. The topological polar surface area (TPSA) is 135 Å². The molecule has 1 fully saturated rings. The van der Waals surface area contributed by atoms with Gasteiger partial charge in [0.15, 0.2) is 10.9 Å². The lowest BCUT2D eigenvalue weighted by Crippen LogP contribution is -2.19. The van der Waals surface area contributed by atoms with E-state index < -0.39 is 17.8 Å². The number of thioether (sulfide) groups is 1. The van der Waals surface area contributed by atoms with Gasteiger partial charge in [0.05, 0.1) is 55.7 Å². The molecule has 3 heterocycles. The Bertz CT molecular complexity index is 1200. The number of aromatic nitrogens is 3. The van der Waals surface area contributed by atoms with Gasteiger partial charge in [-0.1, -0.05) is 11.8 Å². The minimum atomic E-state index is -0.649. The van der Waals surface area contributed by atoms with Crippen molar-refractivity contribution in [3.63, 3.8) is 0 Å². The summed E-state index contributed by atoms with van der Waals surface area (Å²) in [5.74, 6) is -0.567. The first-order valence-corrected chi connectivity index (χ1v) is 11.8. The first-order valence-electron chi connectivity index (χ1n) is 10.8. The zero-order valence-corrected chi connectivity index (χ0v) is 20.0. The number of benzene rings is 1. The molecule has 35 heavy (non-hydrogen) atoms. The fraction of sp³-hybridized carbons (Fsp3) is 0.348. The number of nitrogens with one attached hydrogen (secondary N) is 1. The van der Waals surface area contributed by atoms with E-state index >= 15 is 0 Å². The maximum absolute atomic E-state index is 12.8. The van der Waals surface area contributed by atoms with Crippen molar-refractivity contribution in [2.75, 3.05) is 31.9 Å². The molecule has 0 spiro atoms. The molecule has 11 nitrogen and oxygen atoms in total. The predicted octanol–water partition coefficient (Wildman–Crippen LogP) is 3.02. The standard InChI is InChI=1S/C23H24N4O7S/c1-31-21(29)14-7-8-16(22(30)32-2)17(11-14)24-19(28)13-35-23-26-25-20(18-6-4-10-34-18)27(23)12-15-5-3-9-33-15/h4,6-8,10-11,15H,3,5,9,12-13H2,1-2H3,(H,24,28). The number of esters is 2. The van der Waals surface area contributed by atoms with Crippen molar-refractivity contribution < 1.29 is 33.0 Å². The van der Waals surface area contributed by atoms with Gasteiger partial charge in [-0.2, -0.15) is 0 Å². The Labute approximate surface area is 205 Å². The van der Waals surface area contributed by atoms with Gasteiger partial charge in [-0.05, 0) is 43.2 Å². The molecule has 12 heteroatoms. The van der Waals surface area contributed by atoms with Crippen LogP contribution in [0.3, 0.4) is 0 Å². The number of methoxy groups -OCH3 is 2. The number of anilines is 1. The average Bonchev–Trinajstić information content (AvgIpc) is 3.64. The molecule has 1 aliphatic rings. The Morgan fingerprint density at radius 3 is 2.69 bits per heavy atom. The number of rotatable bonds is 9. The van der Waals surface area contributed by atoms with Crippen LogP contribution < -0.4 is 5.32 Å². The number of carbonyl (C=O) groups is 3. The van der Waals surface area contributed by atoms with Gasteiger partial charge in [-0.25, -0.2) is 9.59 Å². The summed E-state index contributed by atoms with van der Waals surface area (Å²) >= 11 is 1.18. The third-order valence-corrected chi connectivity index (χ3v) is 6.29. The van der Waals surface area contributed by atoms with Crippen molar-refractivity contribution in [2.45, 2.75) is 30.6 Å². The lowest BCUT2D eigenvalue weighted by molar-refractivity contribution is -0.113. The highest BCUT2D eigenvalue weighted by Crippen LogP contribution is 2.27. The van der Waals surface area contributed by atoms with E-state index in [-0.39, 0.29) is 28.7 Å². The molecule has 0 bridgehead atoms. The molecule has 1 unspecified atom stereocenters. The Balaban J connectivity index is 1.51. The van der Waals surface area contributed by atoms with Gasteiger partial charge in [0.2, 0.25) is 11.7 Å². The summed E-state index contributed by atoms with van der Waals surface area (Å²) in [4.78, 5) is 36.8. The number of hydrogen-bond donors (Lipinski definition) is 1. The predicted molar refractivity (Wildman–Crippen MR) is 125 cm³/mol. The number of amides is 1. The first-order chi connectivity index (χ1) is 17.0. The van der Waals surface area contributed by atoms with E-state index in [4.69, 9.17) is 18.6 Å². The highest BCUT2D eigenvalue weighted by molar-refractivity contribution is 7.99. The number of ether oxygens (including phenoxy) is 3. The van der Waals surface area contributed by atoms with E-state index in [1.165, 1.54) is 44.2 Å².